The van der Waals surface area contributed by atoms with E-state index in [0.717, 1.165) is 16.7 Å². The lowest BCUT2D eigenvalue weighted by Crippen LogP contribution is -2.02. The molecule has 0 saturated carbocycles. The molecule has 0 amide bonds. The van der Waals surface area contributed by atoms with Crippen LogP contribution in [0.3, 0.4) is 0 Å². The van der Waals surface area contributed by atoms with E-state index in [4.69, 9.17) is 0 Å². The highest BCUT2D eigenvalue weighted by atomic mass is 16.4. The van der Waals surface area contributed by atoms with Gasteiger partial charge in [-0.25, -0.2) is 0 Å². The van der Waals surface area contributed by atoms with Crippen molar-refractivity contribution in [3.63, 3.8) is 0 Å². The van der Waals surface area contributed by atoms with Crippen LogP contribution in [-0.4, -0.2) is 10.9 Å². The summed E-state index contributed by atoms with van der Waals surface area (Å²) in [5.41, 5.74) is 3.73. The van der Waals surface area contributed by atoms with Crippen molar-refractivity contribution >= 4 is 11.3 Å². The molecule has 20 heavy (non-hydrogen) atoms. The summed E-state index contributed by atoms with van der Waals surface area (Å²) in [6, 6.07) is 19.7. The zero-order valence-corrected chi connectivity index (χ0v) is 11.2. The van der Waals surface area contributed by atoms with Crippen LogP contribution in [0, 0.1) is 0 Å². The lowest BCUT2D eigenvalue weighted by molar-refractivity contribution is 0.318. The van der Waals surface area contributed by atoms with Gasteiger partial charge >= 0.3 is 0 Å². The Bertz CT molecular complexity index is 612. The van der Waals surface area contributed by atoms with Crippen molar-refractivity contribution in [3.8, 4) is 0 Å². The molecular formula is C18H17NO. The van der Waals surface area contributed by atoms with Crippen LogP contribution >= 0.6 is 0 Å². The summed E-state index contributed by atoms with van der Waals surface area (Å²) < 4.78 is 0. The minimum atomic E-state index is 0.552. The largest absolute Gasteiger partial charge is 0.411 e. The lowest BCUT2D eigenvalue weighted by atomic mass is 9.96. The quantitative estimate of drug-likeness (QED) is 0.365. The van der Waals surface area contributed by atoms with E-state index in [1.165, 1.54) is 0 Å². The molecule has 0 bridgehead atoms. The summed E-state index contributed by atoms with van der Waals surface area (Å²) in [7, 11) is 0. The van der Waals surface area contributed by atoms with E-state index < -0.39 is 0 Å². The monoisotopic (exact) mass is 263 g/mol. The zero-order chi connectivity index (χ0) is 14.2. The lowest BCUT2D eigenvalue weighted by Gasteiger charge is -2.09. The fraction of sp³-hybridized carbons (Fsp3) is 0.0556. The maximum Gasteiger partial charge on any atom is 0.0911 e. The van der Waals surface area contributed by atoms with Gasteiger partial charge in [0.25, 0.3) is 0 Å². The maximum atomic E-state index is 9.28. The van der Waals surface area contributed by atoms with Crippen LogP contribution in [0.2, 0.25) is 0 Å². The topological polar surface area (TPSA) is 32.6 Å². The smallest absolute Gasteiger partial charge is 0.0911 e. The summed E-state index contributed by atoms with van der Waals surface area (Å²) in [5.74, 6) is 0. The molecule has 100 valence electrons. The van der Waals surface area contributed by atoms with Gasteiger partial charge in [-0.2, -0.15) is 0 Å². The van der Waals surface area contributed by atoms with Crippen molar-refractivity contribution in [1.82, 2.24) is 0 Å². The number of oxime groups is 1. The number of hydrogen-bond acceptors (Lipinski definition) is 2. The molecule has 2 aromatic rings. The summed E-state index contributed by atoms with van der Waals surface area (Å²) in [5, 5.41) is 12.7. The van der Waals surface area contributed by atoms with Crippen LogP contribution in [0.25, 0.3) is 5.57 Å². The Balaban J connectivity index is 2.29. The minimum absolute atomic E-state index is 0.552. The molecule has 0 saturated heterocycles. The first-order valence-electron chi connectivity index (χ1n) is 6.48. The third kappa shape index (κ3) is 3.45. The van der Waals surface area contributed by atoms with Gasteiger partial charge in [0.1, 0.15) is 0 Å². The molecule has 0 aromatic heterocycles. The summed E-state index contributed by atoms with van der Waals surface area (Å²) >= 11 is 0. The standard InChI is InChI=1S/C18H17NO/c1-2-9-17(15-10-5-3-6-11-15)14-18(19-20)16-12-7-4-8-13-16/h2-13,20H,1,14H2/b17-9-,19-18-. The first-order chi connectivity index (χ1) is 9.85. The molecule has 0 heterocycles. The molecule has 0 aliphatic rings. The molecule has 0 aliphatic carbocycles. The molecule has 0 fully saturated rings. The Morgan fingerprint density at radius 1 is 0.950 bits per heavy atom. The predicted molar refractivity (Wildman–Crippen MR) is 84.0 cm³/mol. The van der Waals surface area contributed by atoms with Gasteiger partial charge in [0, 0.05) is 6.42 Å². The Morgan fingerprint density at radius 3 is 2.00 bits per heavy atom. The van der Waals surface area contributed by atoms with Gasteiger partial charge in [0.15, 0.2) is 0 Å². The Morgan fingerprint density at radius 2 is 1.50 bits per heavy atom. The maximum absolute atomic E-state index is 9.28. The van der Waals surface area contributed by atoms with Gasteiger partial charge in [-0.3, -0.25) is 0 Å². The van der Waals surface area contributed by atoms with Crippen molar-refractivity contribution < 1.29 is 5.21 Å². The number of nitrogens with zero attached hydrogens (tertiary/aromatic N) is 1. The number of allylic oxidation sites excluding steroid dienone is 3. The molecule has 1 N–H and O–H groups in total. The highest BCUT2D eigenvalue weighted by molar-refractivity contribution is 6.05. The molecule has 0 atom stereocenters. The molecule has 2 rings (SSSR count). The highest BCUT2D eigenvalue weighted by Gasteiger charge is 2.08. The Hall–Kier alpha value is -2.61. The summed E-state index contributed by atoms with van der Waals surface area (Å²) in [6.07, 6.45) is 4.25. The average molecular weight is 263 g/mol. The first kappa shape index (κ1) is 13.8. The van der Waals surface area contributed by atoms with Gasteiger partial charge in [0.05, 0.1) is 5.71 Å². The fourth-order valence-electron chi connectivity index (χ4n) is 2.06. The number of benzene rings is 2. The molecular weight excluding hydrogens is 246 g/mol. The average Bonchev–Trinajstić information content (AvgIpc) is 2.53. The zero-order valence-electron chi connectivity index (χ0n) is 11.2. The van der Waals surface area contributed by atoms with E-state index in [-0.39, 0.29) is 0 Å². The van der Waals surface area contributed by atoms with E-state index in [1.54, 1.807) is 6.08 Å². The Labute approximate surface area is 119 Å². The van der Waals surface area contributed by atoms with E-state index in [9.17, 15) is 5.21 Å². The molecule has 0 radical (unpaired) electrons. The second-order valence-corrected chi connectivity index (χ2v) is 4.38. The van der Waals surface area contributed by atoms with Gasteiger partial charge in [-0.05, 0) is 16.7 Å². The second kappa shape index (κ2) is 7.10. The van der Waals surface area contributed by atoms with E-state index in [2.05, 4.69) is 11.7 Å². The van der Waals surface area contributed by atoms with Crippen LogP contribution in [-0.2, 0) is 0 Å². The molecule has 0 aliphatic heterocycles. The Kier molecular flexibility index (Phi) is 4.90. The number of rotatable bonds is 5. The summed E-state index contributed by atoms with van der Waals surface area (Å²) in [4.78, 5) is 0. The normalized spacial score (nSPS) is 12.2. The van der Waals surface area contributed by atoms with Gasteiger partial charge < -0.3 is 5.21 Å². The van der Waals surface area contributed by atoms with Crippen LogP contribution in [0.1, 0.15) is 17.5 Å². The van der Waals surface area contributed by atoms with Gasteiger partial charge in [0.2, 0.25) is 0 Å². The molecule has 2 nitrogen and oxygen atoms in total. The first-order valence-corrected chi connectivity index (χ1v) is 6.48. The predicted octanol–water partition coefficient (Wildman–Crippen LogP) is 4.52. The van der Waals surface area contributed by atoms with Crippen LogP contribution in [0.15, 0.2) is 84.6 Å². The van der Waals surface area contributed by atoms with Crippen LogP contribution in [0.4, 0.5) is 0 Å². The van der Waals surface area contributed by atoms with Crippen LogP contribution < -0.4 is 0 Å². The van der Waals surface area contributed by atoms with Crippen molar-refractivity contribution in [2.24, 2.45) is 5.16 Å². The fourth-order valence-corrected chi connectivity index (χ4v) is 2.06. The van der Waals surface area contributed by atoms with Crippen molar-refractivity contribution in [3.05, 3.63) is 90.5 Å². The molecule has 2 heteroatoms. The van der Waals surface area contributed by atoms with Crippen LogP contribution in [0.5, 0.6) is 0 Å². The molecule has 2 aromatic carbocycles. The highest BCUT2D eigenvalue weighted by Crippen LogP contribution is 2.21. The summed E-state index contributed by atoms with van der Waals surface area (Å²) in [6.45, 7) is 3.75. The van der Waals surface area contributed by atoms with E-state index in [0.29, 0.717) is 12.1 Å². The molecule has 0 unspecified atom stereocenters. The van der Waals surface area contributed by atoms with Crippen molar-refractivity contribution in [1.29, 1.82) is 0 Å². The molecule has 0 spiro atoms. The SMILES string of the molecule is C=C/C=C(/C/C(=N/O)c1ccccc1)c1ccccc1. The number of hydrogen-bond donors (Lipinski definition) is 1. The van der Waals surface area contributed by atoms with E-state index >= 15 is 0 Å². The third-order valence-corrected chi connectivity index (χ3v) is 3.05. The minimum Gasteiger partial charge on any atom is -0.411 e. The second-order valence-electron chi connectivity index (χ2n) is 4.38. The van der Waals surface area contributed by atoms with E-state index in [1.807, 2.05) is 66.7 Å². The third-order valence-electron chi connectivity index (χ3n) is 3.05. The van der Waals surface area contributed by atoms with Gasteiger partial charge in [-0.1, -0.05) is 84.6 Å². The van der Waals surface area contributed by atoms with Crippen molar-refractivity contribution in [2.75, 3.05) is 0 Å². The van der Waals surface area contributed by atoms with Gasteiger partial charge in [-0.15, -0.1) is 0 Å². The van der Waals surface area contributed by atoms with Crippen molar-refractivity contribution in [2.45, 2.75) is 6.42 Å².